The number of nitriles is 2. The van der Waals surface area contributed by atoms with Crippen LogP contribution in [0.2, 0.25) is 0 Å². The van der Waals surface area contributed by atoms with Gasteiger partial charge in [-0.3, -0.25) is 5.84 Å². The molecule has 0 aromatic rings. The first-order valence-corrected chi connectivity index (χ1v) is 7.07. The van der Waals surface area contributed by atoms with Crippen molar-refractivity contribution in [1.29, 1.82) is 10.5 Å². The molecule has 18 heavy (non-hydrogen) atoms. The molecular formula is C14H20N4. The van der Waals surface area contributed by atoms with E-state index in [4.69, 9.17) is 5.84 Å². The fraction of sp³-hybridized carbons (Fsp3) is 0.857. The third kappa shape index (κ3) is 1.25. The molecule has 0 unspecified atom stereocenters. The van der Waals surface area contributed by atoms with Gasteiger partial charge in [-0.05, 0) is 43.9 Å². The second kappa shape index (κ2) is 3.95. The minimum absolute atomic E-state index is 0.367. The van der Waals surface area contributed by atoms with Gasteiger partial charge in [-0.15, -0.1) is 0 Å². The van der Waals surface area contributed by atoms with Crippen molar-refractivity contribution >= 4 is 0 Å². The molecule has 2 aliphatic carbocycles. The van der Waals surface area contributed by atoms with Crippen LogP contribution in [-0.4, -0.2) is 16.1 Å². The zero-order valence-electron chi connectivity index (χ0n) is 10.7. The smallest absolute Gasteiger partial charge is 0.126 e. The molecule has 2 N–H and O–H groups in total. The summed E-state index contributed by atoms with van der Waals surface area (Å²) >= 11 is 0. The number of hydrazine groups is 1. The summed E-state index contributed by atoms with van der Waals surface area (Å²) in [6, 6.07) is 4.96. The van der Waals surface area contributed by atoms with Crippen LogP contribution >= 0.6 is 0 Å². The molecule has 0 bridgehead atoms. The van der Waals surface area contributed by atoms with E-state index in [0.29, 0.717) is 11.8 Å². The highest BCUT2D eigenvalue weighted by molar-refractivity contribution is 5.26. The Morgan fingerprint density at radius 2 is 1.50 bits per heavy atom. The topological polar surface area (TPSA) is 76.8 Å². The van der Waals surface area contributed by atoms with Crippen molar-refractivity contribution < 1.29 is 0 Å². The summed E-state index contributed by atoms with van der Waals surface area (Å²) in [5.74, 6) is 7.09. The summed E-state index contributed by atoms with van der Waals surface area (Å²) in [7, 11) is 0. The molecule has 0 spiro atoms. The first-order valence-electron chi connectivity index (χ1n) is 7.07. The van der Waals surface area contributed by atoms with Gasteiger partial charge in [0, 0.05) is 0 Å². The fourth-order valence-corrected chi connectivity index (χ4v) is 4.65. The number of nitrogens with zero attached hydrogens (tertiary/aromatic N) is 3. The first-order chi connectivity index (χ1) is 8.69. The summed E-state index contributed by atoms with van der Waals surface area (Å²) < 4.78 is 0. The molecule has 0 aromatic heterocycles. The van der Waals surface area contributed by atoms with Gasteiger partial charge >= 0.3 is 0 Å². The van der Waals surface area contributed by atoms with Gasteiger partial charge in [0.05, 0.1) is 12.1 Å². The van der Waals surface area contributed by atoms with Crippen LogP contribution in [0.25, 0.3) is 0 Å². The Kier molecular flexibility index (Phi) is 2.62. The zero-order chi connectivity index (χ0) is 12.8. The van der Waals surface area contributed by atoms with Gasteiger partial charge < -0.3 is 0 Å². The summed E-state index contributed by atoms with van der Waals surface area (Å²) in [6.45, 7) is 0. The lowest BCUT2D eigenvalue weighted by molar-refractivity contribution is -0.0864. The van der Waals surface area contributed by atoms with Crippen molar-refractivity contribution in [3.8, 4) is 12.1 Å². The lowest BCUT2D eigenvalue weighted by Crippen LogP contribution is -2.71. The van der Waals surface area contributed by atoms with Gasteiger partial charge in [0.25, 0.3) is 0 Å². The minimum Gasteiger partial charge on any atom is -0.266 e. The van der Waals surface area contributed by atoms with E-state index < -0.39 is 11.1 Å². The molecule has 0 amide bonds. The Labute approximate surface area is 108 Å². The lowest BCUT2D eigenvalue weighted by atomic mass is 9.62. The van der Waals surface area contributed by atoms with E-state index in [-0.39, 0.29) is 0 Å². The molecule has 4 nitrogen and oxygen atoms in total. The molecule has 1 heterocycles. The Morgan fingerprint density at radius 1 is 0.944 bits per heavy atom. The minimum atomic E-state index is -0.575. The van der Waals surface area contributed by atoms with Crippen LogP contribution < -0.4 is 5.84 Å². The van der Waals surface area contributed by atoms with Crippen LogP contribution in [-0.2, 0) is 0 Å². The van der Waals surface area contributed by atoms with E-state index in [1.54, 1.807) is 5.01 Å². The van der Waals surface area contributed by atoms with Crippen LogP contribution in [0.4, 0.5) is 0 Å². The van der Waals surface area contributed by atoms with Crippen molar-refractivity contribution in [1.82, 2.24) is 5.01 Å². The number of rotatable bonds is 0. The molecule has 3 fully saturated rings. The monoisotopic (exact) mass is 244 g/mol. The number of fused-ring (bicyclic) bond motifs is 2. The van der Waals surface area contributed by atoms with Crippen molar-refractivity contribution in [3.63, 3.8) is 0 Å². The molecular weight excluding hydrogens is 224 g/mol. The highest BCUT2D eigenvalue weighted by atomic mass is 15.5. The van der Waals surface area contributed by atoms with Gasteiger partial charge in [-0.1, -0.05) is 19.3 Å². The van der Waals surface area contributed by atoms with Gasteiger partial charge in [0.2, 0.25) is 0 Å². The van der Waals surface area contributed by atoms with E-state index in [1.807, 2.05) is 0 Å². The SMILES string of the molecule is N#C[C@]12CCC[C@H]1C[C@H]1CCCC[C@@]1(C#N)N2N. The molecule has 3 rings (SSSR count). The second-order valence-corrected chi connectivity index (χ2v) is 6.21. The summed E-state index contributed by atoms with van der Waals surface area (Å²) in [5.41, 5.74) is -1.14. The van der Waals surface area contributed by atoms with Gasteiger partial charge in [0.1, 0.15) is 11.1 Å². The standard InChI is InChI=1S/C14H20N4/c15-9-13-6-2-1-4-11(13)8-12-5-3-7-14(12,10-16)18(13)17/h11-12H,1-8,17H2/t11-,12+,13+,14-/m1/s1. The maximum absolute atomic E-state index is 9.70. The summed E-state index contributed by atoms with van der Waals surface area (Å²) in [4.78, 5) is 0. The van der Waals surface area contributed by atoms with Crippen LogP contribution in [0.5, 0.6) is 0 Å². The van der Waals surface area contributed by atoms with E-state index in [0.717, 1.165) is 44.9 Å². The predicted octanol–water partition coefficient (Wildman–Crippen LogP) is 2.08. The average Bonchev–Trinajstić information content (AvgIpc) is 2.83. The fourth-order valence-electron chi connectivity index (χ4n) is 4.65. The summed E-state index contributed by atoms with van der Waals surface area (Å²) in [6.07, 6.45) is 8.22. The molecule has 4 atom stereocenters. The maximum Gasteiger partial charge on any atom is 0.126 e. The number of piperidine rings is 1. The van der Waals surface area contributed by atoms with E-state index >= 15 is 0 Å². The molecule has 0 aromatic carbocycles. The molecule has 2 saturated carbocycles. The number of hydrogen-bond acceptors (Lipinski definition) is 4. The van der Waals surface area contributed by atoms with E-state index in [9.17, 15) is 10.5 Å². The van der Waals surface area contributed by atoms with Gasteiger partial charge in [0.15, 0.2) is 0 Å². The number of hydrogen-bond donors (Lipinski definition) is 1. The molecule has 0 radical (unpaired) electrons. The van der Waals surface area contributed by atoms with Crippen molar-refractivity contribution in [2.75, 3.05) is 0 Å². The van der Waals surface area contributed by atoms with Crippen molar-refractivity contribution in [2.45, 2.75) is 62.4 Å². The highest BCUT2D eigenvalue weighted by Crippen LogP contribution is 2.55. The predicted molar refractivity (Wildman–Crippen MR) is 66.6 cm³/mol. The number of nitrogens with two attached hydrogens (primary N) is 1. The third-order valence-electron chi connectivity index (χ3n) is 5.64. The molecule has 1 saturated heterocycles. The Bertz CT molecular complexity index is 434. The van der Waals surface area contributed by atoms with Crippen LogP contribution in [0.1, 0.15) is 51.4 Å². The van der Waals surface area contributed by atoms with Gasteiger partial charge in [-0.2, -0.15) is 10.5 Å². The van der Waals surface area contributed by atoms with Crippen LogP contribution in [0.15, 0.2) is 0 Å². The summed E-state index contributed by atoms with van der Waals surface area (Å²) in [5, 5.41) is 21.0. The maximum atomic E-state index is 9.70. The quantitative estimate of drug-likeness (QED) is 0.662. The lowest BCUT2D eigenvalue weighted by Gasteiger charge is -2.56. The first kappa shape index (κ1) is 12.0. The van der Waals surface area contributed by atoms with Crippen molar-refractivity contribution in [2.24, 2.45) is 17.7 Å². The molecule has 1 aliphatic heterocycles. The molecule has 4 heteroatoms. The Hall–Kier alpha value is -1.10. The Morgan fingerprint density at radius 3 is 2.11 bits per heavy atom. The Balaban J connectivity index is 2.05. The third-order valence-corrected chi connectivity index (χ3v) is 5.64. The largest absolute Gasteiger partial charge is 0.266 e. The normalized spacial score (nSPS) is 47.7. The second-order valence-electron chi connectivity index (χ2n) is 6.21. The highest BCUT2D eigenvalue weighted by Gasteiger charge is 2.62. The van der Waals surface area contributed by atoms with E-state index in [2.05, 4.69) is 12.1 Å². The average molecular weight is 244 g/mol. The zero-order valence-corrected chi connectivity index (χ0v) is 10.7. The van der Waals surface area contributed by atoms with E-state index in [1.165, 1.54) is 6.42 Å². The van der Waals surface area contributed by atoms with Gasteiger partial charge in [-0.25, -0.2) is 5.01 Å². The molecule has 96 valence electrons. The van der Waals surface area contributed by atoms with Crippen LogP contribution in [0, 0.1) is 34.5 Å². The molecule has 3 aliphatic rings. The van der Waals surface area contributed by atoms with Crippen LogP contribution in [0.3, 0.4) is 0 Å². The van der Waals surface area contributed by atoms with Crippen molar-refractivity contribution in [3.05, 3.63) is 0 Å².